The Morgan fingerprint density at radius 2 is 1.83 bits per heavy atom. The van der Waals surface area contributed by atoms with Gasteiger partial charge in [0.15, 0.2) is 0 Å². The van der Waals surface area contributed by atoms with Crippen molar-refractivity contribution in [2.24, 2.45) is 5.41 Å². The average molecular weight is 455 g/mol. The van der Waals surface area contributed by atoms with Crippen molar-refractivity contribution in [3.63, 3.8) is 0 Å². The van der Waals surface area contributed by atoms with Crippen LogP contribution in [0.2, 0.25) is 5.02 Å². The number of carbonyl (C=O) groups excluding carboxylic acids is 1. The zero-order valence-electron chi connectivity index (χ0n) is 16.8. The topological polar surface area (TPSA) is 75.7 Å². The molecule has 2 aromatic rings. The van der Waals surface area contributed by atoms with E-state index in [9.17, 15) is 17.6 Å². The van der Waals surface area contributed by atoms with E-state index in [1.54, 1.807) is 18.2 Å². The number of benzene rings is 2. The van der Waals surface area contributed by atoms with Crippen LogP contribution in [0.3, 0.4) is 0 Å². The molecule has 1 heterocycles. The molecule has 1 fully saturated rings. The van der Waals surface area contributed by atoms with E-state index in [4.69, 9.17) is 16.3 Å². The smallest absolute Gasteiger partial charge is 0.246 e. The number of methoxy groups -OCH3 is 1. The van der Waals surface area contributed by atoms with Gasteiger partial charge in [-0.2, -0.15) is 4.31 Å². The molecule has 0 radical (unpaired) electrons. The number of piperidine rings is 1. The van der Waals surface area contributed by atoms with Crippen LogP contribution in [0.1, 0.15) is 25.3 Å². The van der Waals surface area contributed by atoms with Gasteiger partial charge in [-0.1, -0.05) is 30.7 Å². The van der Waals surface area contributed by atoms with E-state index in [1.165, 1.54) is 35.7 Å². The van der Waals surface area contributed by atoms with Gasteiger partial charge in [0, 0.05) is 30.1 Å². The van der Waals surface area contributed by atoms with E-state index < -0.39 is 15.4 Å². The van der Waals surface area contributed by atoms with Crippen LogP contribution < -0.4 is 10.1 Å². The highest BCUT2D eigenvalue weighted by molar-refractivity contribution is 7.89. The molecule has 3 rings (SSSR count). The lowest BCUT2D eigenvalue weighted by Gasteiger charge is -2.37. The molecule has 1 N–H and O–H groups in total. The zero-order valence-corrected chi connectivity index (χ0v) is 18.4. The average Bonchev–Trinajstić information content (AvgIpc) is 2.73. The van der Waals surface area contributed by atoms with Gasteiger partial charge in [-0.05, 0) is 48.7 Å². The summed E-state index contributed by atoms with van der Waals surface area (Å²) in [4.78, 5) is 12.8. The molecule has 30 heavy (non-hydrogen) atoms. The third-order valence-electron chi connectivity index (χ3n) is 5.48. The van der Waals surface area contributed by atoms with Gasteiger partial charge in [0.1, 0.15) is 16.5 Å². The summed E-state index contributed by atoms with van der Waals surface area (Å²) >= 11 is 5.99. The largest absolute Gasteiger partial charge is 0.495 e. The quantitative estimate of drug-likeness (QED) is 0.723. The van der Waals surface area contributed by atoms with E-state index in [2.05, 4.69) is 5.32 Å². The van der Waals surface area contributed by atoms with Crippen LogP contribution in [0, 0.1) is 11.2 Å². The molecule has 0 aromatic heterocycles. The second kappa shape index (κ2) is 8.91. The molecule has 162 valence electrons. The fourth-order valence-corrected chi connectivity index (χ4v) is 5.30. The Bertz CT molecular complexity index is 1020. The maximum atomic E-state index is 13.1. The third kappa shape index (κ3) is 4.77. The first kappa shape index (κ1) is 22.5. The SMILES string of the molecule is COc1ccc(Cl)cc1S(=O)(=O)N1CCC(C)(C(=O)NCc2ccc(F)cc2)CC1. The maximum absolute atomic E-state index is 13.1. The molecule has 1 amide bonds. The van der Waals surface area contributed by atoms with Crippen LogP contribution in [0.4, 0.5) is 4.39 Å². The number of nitrogens with one attached hydrogen (secondary N) is 1. The number of sulfonamides is 1. The van der Waals surface area contributed by atoms with Crippen molar-refractivity contribution in [1.82, 2.24) is 9.62 Å². The van der Waals surface area contributed by atoms with Gasteiger partial charge < -0.3 is 10.1 Å². The highest BCUT2D eigenvalue weighted by Crippen LogP contribution is 2.36. The van der Waals surface area contributed by atoms with Gasteiger partial charge in [-0.3, -0.25) is 4.79 Å². The van der Waals surface area contributed by atoms with Crippen LogP contribution in [-0.2, 0) is 21.4 Å². The molecular weight excluding hydrogens is 431 g/mol. The number of ether oxygens (including phenoxy) is 1. The Morgan fingerprint density at radius 1 is 1.20 bits per heavy atom. The van der Waals surface area contributed by atoms with Gasteiger partial charge in [0.25, 0.3) is 0 Å². The molecule has 1 aliphatic heterocycles. The van der Waals surface area contributed by atoms with Crippen molar-refractivity contribution in [3.8, 4) is 5.75 Å². The van der Waals surface area contributed by atoms with Crippen molar-refractivity contribution < 1.29 is 22.3 Å². The molecule has 0 bridgehead atoms. The molecular formula is C21H24ClFN2O4S. The first-order valence-electron chi connectivity index (χ1n) is 9.52. The summed E-state index contributed by atoms with van der Waals surface area (Å²) in [5.74, 6) is -0.254. The third-order valence-corrected chi connectivity index (χ3v) is 7.64. The van der Waals surface area contributed by atoms with E-state index in [1.807, 2.05) is 6.92 Å². The summed E-state index contributed by atoms with van der Waals surface area (Å²) in [6.45, 7) is 2.53. The lowest BCUT2D eigenvalue weighted by molar-refractivity contribution is -0.132. The van der Waals surface area contributed by atoms with Gasteiger partial charge in [-0.15, -0.1) is 0 Å². The molecule has 1 aliphatic rings. The molecule has 9 heteroatoms. The molecule has 0 unspecified atom stereocenters. The molecule has 1 saturated heterocycles. The summed E-state index contributed by atoms with van der Waals surface area (Å²) in [5.41, 5.74) is 0.103. The fourth-order valence-electron chi connectivity index (χ4n) is 3.44. The highest BCUT2D eigenvalue weighted by Gasteiger charge is 2.40. The molecule has 0 saturated carbocycles. The van der Waals surface area contributed by atoms with Crippen molar-refractivity contribution in [2.75, 3.05) is 20.2 Å². The molecule has 2 aromatic carbocycles. The van der Waals surface area contributed by atoms with Crippen LogP contribution in [-0.4, -0.2) is 38.8 Å². The number of rotatable bonds is 6. The Morgan fingerprint density at radius 3 is 2.43 bits per heavy atom. The van der Waals surface area contributed by atoms with Crippen LogP contribution in [0.15, 0.2) is 47.4 Å². The standard InChI is InChI=1S/C21H24ClFN2O4S/c1-21(20(26)24-14-15-3-6-17(23)7-4-15)9-11-25(12-10-21)30(27,28)19-13-16(22)5-8-18(19)29-2/h3-8,13H,9-12,14H2,1-2H3,(H,24,26). The minimum absolute atomic E-state index is 0.0156. The lowest BCUT2D eigenvalue weighted by atomic mass is 9.80. The van der Waals surface area contributed by atoms with Crippen LogP contribution in [0.5, 0.6) is 5.75 Å². The Hall–Kier alpha value is -2.16. The van der Waals surface area contributed by atoms with Gasteiger partial charge in [-0.25, -0.2) is 12.8 Å². The number of amides is 1. The maximum Gasteiger partial charge on any atom is 0.246 e. The Labute approximate surface area is 181 Å². The molecule has 0 spiro atoms. The number of hydrogen-bond donors (Lipinski definition) is 1. The number of hydrogen-bond acceptors (Lipinski definition) is 4. The molecule has 6 nitrogen and oxygen atoms in total. The second-order valence-corrected chi connectivity index (χ2v) is 9.91. The second-order valence-electron chi connectivity index (χ2n) is 7.57. The number of halogens is 2. The first-order valence-corrected chi connectivity index (χ1v) is 11.3. The summed E-state index contributed by atoms with van der Waals surface area (Å²) in [5, 5.41) is 3.18. The van der Waals surface area contributed by atoms with E-state index in [0.29, 0.717) is 17.9 Å². The van der Waals surface area contributed by atoms with Crippen molar-refractivity contribution >= 4 is 27.5 Å². The molecule has 0 atom stereocenters. The van der Waals surface area contributed by atoms with E-state index >= 15 is 0 Å². The minimum Gasteiger partial charge on any atom is -0.495 e. The lowest BCUT2D eigenvalue weighted by Crippen LogP contribution is -2.48. The van der Waals surface area contributed by atoms with E-state index in [0.717, 1.165) is 5.56 Å². The minimum atomic E-state index is -3.81. The predicted molar refractivity (Wildman–Crippen MR) is 112 cm³/mol. The van der Waals surface area contributed by atoms with Crippen LogP contribution in [0.25, 0.3) is 0 Å². The van der Waals surface area contributed by atoms with Crippen molar-refractivity contribution in [3.05, 3.63) is 58.9 Å². The summed E-state index contributed by atoms with van der Waals surface area (Å²) < 4.78 is 45.7. The van der Waals surface area contributed by atoms with Crippen molar-refractivity contribution in [2.45, 2.75) is 31.2 Å². The number of carbonyl (C=O) groups is 1. The van der Waals surface area contributed by atoms with Gasteiger partial charge in [0.05, 0.1) is 7.11 Å². The van der Waals surface area contributed by atoms with Crippen molar-refractivity contribution in [1.29, 1.82) is 0 Å². The Kier molecular flexibility index (Phi) is 6.69. The summed E-state index contributed by atoms with van der Waals surface area (Å²) in [6.07, 6.45) is 0.759. The summed E-state index contributed by atoms with van der Waals surface area (Å²) in [7, 11) is -2.40. The molecule has 0 aliphatic carbocycles. The summed E-state index contributed by atoms with van der Waals surface area (Å²) in [6, 6.07) is 10.4. The highest BCUT2D eigenvalue weighted by atomic mass is 35.5. The first-order chi connectivity index (χ1) is 14.2. The van der Waals surface area contributed by atoms with Gasteiger partial charge >= 0.3 is 0 Å². The predicted octanol–water partition coefficient (Wildman–Crippen LogP) is 3.59. The number of nitrogens with zero attached hydrogens (tertiary/aromatic N) is 1. The zero-order chi connectivity index (χ0) is 21.9. The normalized spacial score (nSPS) is 16.8. The monoisotopic (exact) mass is 454 g/mol. The van der Waals surface area contributed by atoms with Crippen LogP contribution >= 0.6 is 11.6 Å². The fraction of sp³-hybridized carbons (Fsp3) is 0.381. The Balaban J connectivity index is 1.66. The van der Waals surface area contributed by atoms with Gasteiger partial charge in [0.2, 0.25) is 15.9 Å². The van der Waals surface area contributed by atoms with E-state index in [-0.39, 0.29) is 42.0 Å².